The number of amides is 2. The standard InChI is InChI=1S/C21H25N7O2S/c22-21(23)25-10-19(29)24-11-20(30)28-7-5-13(6-8-28)16-9-17(27-26-16)15-12-31-18-4-2-1-3-14(15)18/h1-4,9,12-13H,5-8,10-11H2,(H,24,29)(H,26,27)(H4,22,23,25). The third-order valence-electron chi connectivity index (χ3n) is 5.48. The van der Waals surface area contributed by atoms with E-state index in [0.29, 0.717) is 19.0 Å². The highest BCUT2D eigenvalue weighted by atomic mass is 32.1. The Kier molecular flexibility index (Phi) is 6.17. The highest BCUT2D eigenvalue weighted by molar-refractivity contribution is 7.17. The van der Waals surface area contributed by atoms with Crippen LogP contribution in [0.15, 0.2) is 40.7 Å². The molecule has 3 aromatic rings. The number of thiophene rings is 1. The molecule has 1 fully saturated rings. The number of nitrogens with zero attached hydrogens (tertiary/aromatic N) is 3. The lowest BCUT2D eigenvalue weighted by molar-refractivity contribution is -0.133. The van der Waals surface area contributed by atoms with Crippen LogP contribution in [0.25, 0.3) is 21.3 Å². The van der Waals surface area contributed by atoms with Crippen molar-refractivity contribution >= 4 is 39.2 Å². The maximum atomic E-state index is 12.4. The van der Waals surface area contributed by atoms with Crippen molar-refractivity contribution in [2.75, 3.05) is 26.2 Å². The normalized spacial score (nSPS) is 14.5. The number of aromatic nitrogens is 2. The average Bonchev–Trinajstić information content (AvgIpc) is 3.43. The van der Waals surface area contributed by atoms with Gasteiger partial charge in [-0.1, -0.05) is 18.2 Å². The maximum absolute atomic E-state index is 12.4. The number of nitrogens with one attached hydrogen (secondary N) is 2. The highest BCUT2D eigenvalue weighted by Crippen LogP contribution is 2.35. The monoisotopic (exact) mass is 439 g/mol. The smallest absolute Gasteiger partial charge is 0.242 e. The molecule has 1 aliphatic heterocycles. The van der Waals surface area contributed by atoms with Gasteiger partial charge in [-0.15, -0.1) is 11.3 Å². The molecular formula is C21H25N7O2S. The Bertz CT molecular complexity index is 1110. The summed E-state index contributed by atoms with van der Waals surface area (Å²) in [5, 5.41) is 13.6. The van der Waals surface area contributed by atoms with Crippen LogP contribution in [0.1, 0.15) is 24.5 Å². The van der Waals surface area contributed by atoms with Gasteiger partial charge in [0.25, 0.3) is 0 Å². The van der Waals surface area contributed by atoms with E-state index in [-0.39, 0.29) is 30.9 Å². The zero-order chi connectivity index (χ0) is 21.8. The molecule has 1 aliphatic rings. The van der Waals surface area contributed by atoms with Gasteiger partial charge in [-0.2, -0.15) is 5.10 Å². The number of hydrogen-bond acceptors (Lipinski definition) is 5. The van der Waals surface area contributed by atoms with E-state index in [9.17, 15) is 9.59 Å². The Balaban J connectivity index is 1.31. The zero-order valence-electron chi connectivity index (χ0n) is 17.0. The Morgan fingerprint density at radius 1 is 1.26 bits per heavy atom. The van der Waals surface area contributed by atoms with Crippen LogP contribution in [0.4, 0.5) is 0 Å². The van der Waals surface area contributed by atoms with E-state index in [0.717, 1.165) is 29.8 Å². The SMILES string of the molecule is NC(N)=NCC(=O)NCC(=O)N1CCC(c2cc(-c3csc4ccccc34)n[nH]2)CC1. The first kappa shape index (κ1) is 20.9. The molecule has 3 heterocycles. The molecule has 0 atom stereocenters. The van der Waals surface area contributed by atoms with E-state index in [2.05, 4.69) is 44.1 Å². The number of nitrogens with two attached hydrogens (primary N) is 2. The molecular weight excluding hydrogens is 414 g/mol. The lowest BCUT2D eigenvalue weighted by Gasteiger charge is -2.31. The molecule has 2 amide bonds. The van der Waals surface area contributed by atoms with Crippen molar-refractivity contribution in [1.82, 2.24) is 20.4 Å². The van der Waals surface area contributed by atoms with Gasteiger partial charge >= 0.3 is 0 Å². The summed E-state index contributed by atoms with van der Waals surface area (Å²) in [5.41, 5.74) is 13.6. The largest absolute Gasteiger partial charge is 0.370 e. The van der Waals surface area contributed by atoms with Gasteiger partial charge < -0.3 is 21.7 Å². The van der Waals surface area contributed by atoms with Crippen molar-refractivity contribution in [3.8, 4) is 11.3 Å². The van der Waals surface area contributed by atoms with Crippen LogP contribution in [0, 0.1) is 0 Å². The number of benzene rings is 1. The number of rotatable bonds is 6. The Labute approximate surface area is 183 Å². The summed E-state index contributed by atoms with van der Waals surface area (Å²) >= 11 is 1.72. The summed E-state index contributed by atoms with van der Waals surface area (Å²) in [7, 11) is 0. The Morgan fingerprint density at radius 3 is 2.81 bits per heavy atom. The number of likely N-dealkylation sites (tertiary alicyclic amines) is 1. The van der Waals surface area contributed by atoms with Crippen LogP contribution in [0.5, 0.6) is 0 Å². The van der Waals surface area contributed by atoms with Gasteiger partial charge in [0.2, 0.25) is 11.8 Å². The topological polar surface area (TPSA) is 142 Å². The number of hydrogen-bond donors (Lipinski definition) is 4. The minimum atomic E-state index is -0.387. The molecule has 4 rings (SSSR count). The quantitative estimate of drug-likeness (QED) is 0.339. The van der Waals surface area contributed by atoms with Gasteiger partial charge in [0.1, 0.15) is 6.54 Å². The molecule has 6 N–H and O–H groups in total. The molecule has 0 unspecified atom stereocenters. The molecule has 1 aromatic carbocycles. The summed E-state index contributed by atoms with van der Waals surface area (Å²) in [5.74, 6) is -0.321. The molecule has 0 aliphatic carbocycles. The second kappa shape index (κ2) is 9.17. The van der Waals surface area contributed by atoms with Gasteiger partial charge in [-0.3, -0.25) is 14.7 Å². The van der Waals surface area contributed by atoms with Gasteiger partial charge in [0.05, 0.1) is 12.2 Å². The van der Waals surface area contributed by atoms with Crippen LogP contribution in [0.3, 0.4) is 0 Å². The zero-order valence-corrected chi connectivity index (χ0v) is 17.8. The van der Waals surface area contributed by atoms with E-state index in [1.54, 1.807) is 16.2 Å². The molecule has 9 nitrogen and oxygen atoms in total. The van der Waals surface area contributed by atoms with Crippen molar-refractivity contribution in [3.63, 3.8) is 0 Å². The number of carbonyl (C=O) groups excluding carboxylic acids is 2. The Morgan fingerprint density at radius 2 is 2.03 bits per heavy atom. The van der Waals surface area contributed by atoms with E-state index < -0.39 is 0 Å². The van der Waals surface area contributed by atoms with E-state index >= 15 is 0 Å². The Hall–Kier alpha value is -3.40. The number of H-pyrrole nitrogens is 1. The van der Waals surface area contributed by atoms with Crippen LogP contribution in [-0.4, -0.2) is 59.1 Å². The lowest BCUT2D eigenvalue weighted by Crippen LogP contribution is -2.44. The van der Waals surface area contributed by atoms with Gasteiger partial charge in [0, 0.05) is 45.7 Å². The average molecular weight is 440 g/mol. The van der Waals surface area contributed by atoms with Crippen LogP contribution >= 0.6 is 11.3 Å². The molecule has 0 spiro atoms. The summed E-state index contributed by atoms with van der Waals surface area (Å²) < 4.78 is 1.25. The molecule has 0 bridgehead atoms. The lowest BCUT2D eigenvalue weighted by atomic mass is 9.93. The van der Waals surface area contributed by atoms with Crippen molar-refractivity contribution < 1.29 is 9.59 Å². The van der Waals surface area contributed by atoms with Gasteiger partial charge in [-0.05, 0) is 25.0 Å². The minimum Gasteiger partial charge on any atom is -0.370 e. The minimum absolute atomic E-state index is 0.0526. The summed E-state index contributed by atoms with van der Waals surface area (Å²) in [6, 6.07) is 10.5. The first-order chi connectivity index (χ1) is 15.0. The van der Waals surface area contributed by atoms with Gasteiger partial charge in [0.15, 0.2) is 5.96 Å². The van der Waals surface area contributed by atoms with Crippen molar-refractivity contribution in [2.45, 2.75) is 18.8 Å². The van der Waals surface area contributed by atoms with E-state index in [1.165, 1.54) is 10.1 Å². The van der Waals surface area contributed by atoms with Gasteiger partial charge in [-0.25, -0.2) is 4.99 Å². The second-order valence-corrected chi connectivity index (χ2v) is 8.44. The fourth-order valence-electron chi connectivity index (χ4n) is 3.80. The number of fused-ring (bicyclic) bond motifs is 1. The molecule has 2 aromatic heterocycles. The first-order valence-corrected chi connectivity index (χ1v) is 11.0. The molecule has 0 radical (unpaired) electrons. The fourth-order valence-corrected chi connectivity index (χ4v) is 4.76. The van der Waals surface area contributed by atoms with Crippen molar-refractivity contribution in [3.05, 3.63) is 41.4 Å². The predicted molar refractivity (Wildman–Crippen MR) is 122 cm³/mol. The second-order valence-electron chi connectivity index (χ2n) is 7.53. The number of aliphatic imine (C=N–C) groups is 1. The van der Waals surface area contributed by atoms with Crippen molar-refractivity contribution in [2.24, 2.45) is 16.5 Å². The number of carbonyl (C=O) groups is 2. The van der Waals surface area contributed by atoms with Crippen LogP contribution < -0.4 is 16.8 Å². The summed E-state index contributed by atoms with van der Waals surface area (Å²) in [6.45, 7) is 1.05. The van der Waals surface area contributed by atoms with Crippen LogP contribution in [-0.2, 0) is 9.59 Å². The molecule has 162 valence electrons. The molecule has 0 saturated carbocycles. The third-order valence-corrected chi connectivity index (χ3v) is 6.45. The van der Waals surface area contributed by atoms with Crippen molar-refractivity contribution in [1.29, 1.82) is 0 Å². The number of piperidine rings is 1. The first-order valence-electron chi connectivity index (χ1n) is 10.1. The maximum Gasteiger partial charge on any atom is 0.242 e. The van der Waals surface area contributed by atoms with E-state index in [4.69, 9.17) is 11.5 Å². The molecule has 1 saturated heterocycles. The fraction of sp³-hybridized carbons (Fsp3) is 0.333. The molecule has 10 heteroatoms. The highest BCUT2D eigenvalue weighted by Gasteiger charge is 2.25. The third kappa shape index (κ3) is 4.85. The number of guanidine groups is 1. The number of aromatic amines is 1. The predicted octanol–water partition coefficient (Wildman–Crippen LogP) is 1.39. The van der Waals surface area contributed by atoms with E-state index in [1.807, 2.05) is 12.1 Å². The summed E-state index contributed by atoms with van der Waals surface area (Å²) in [6.07, 6.45) is 1.69. The summed E-state index contributed by atoms with van der Waals surface area (Å²) in [4.78, 5) is 29.4. The molecule has 31 heavy (non-hydrogen) atoms. The van der Waals surface area contributed by atoms with Crippen LogP contribution in [0.2, 0.25) is 0 Å².